The second kappa shape index (κ2) is 6.72. The number of para-hydroxylation sites is 1. The fourth-order valence-electron chi connectivity index (χ4n) is 2.01. The summed E-state index contributed by atoms with van der Waals surface area (Å²) in [7, 11) is 0. The zero-order chi connectivity index (χ0) is 11.4. The van der Waals surface area contributed by atoms with Gasteiger partial charge in [-0.25, -0.2) is 0 Å². The highest BCUT2D eigenvalue weighted by Crippen LogP contribution is 2.38. The Bertz CT molecular complexity index is 357. The second-order valence-corrected chi connectivity index (χ2v) is 4.18. The molecule has 1 aromatic carbocycles. The van der Waals surface area contributed by atoms with Gasteiger partial charge >= 0.3 is 0 Å². The van der Waals surface area contributed by atoms with Crippen molar-refractivity contribution in [1.82, 2.24) is 0 Å². The first kappa shape index (κ1) is 14.1. The molecule has 1 aliphatic rings. The molecule has 2 rings (SSSR count). The van der Waals surface area contributed by atoms with Gasteiger partial charge in [-0.2, -0.15) is 0 Å². The Kier molecular flexibility index (Phi) is 5.59. The summed E-state index contributed by atoms with van der Waals surface area (Å²) in [5.41, 5.74) is 7.25. The Morgan fingerprint density at radius 2 is 2.12 bits per heavy atom. The Morgan fingerprint density at radius 3 is 2.88 bits per heavy atom. The predicted molar refractivity (Wildman–Crippen MR) is 70.9 cm³/mol. The highest BCUT2D eigenvalue weighted by atomic mass is 35.5. The molecule has 0 unspecified atom stereocenters. The SMILES string of the molecule is CCCCC[C@@H](N)c1cccc2c1OCO2.Cl. The van der Waals surface area contributed by atoms with Crippen LogP contribution in [0.2, 0.25) is 0 Å². The summed E-state index contributed by atoms with van der Waals surface area (Å²) in [6, 6.07) is 5.99. The van der Waals surface area contributed by atoms with Gasteiger partial charge in [0.15, 0.2) is 11.5 Å². The van der Waals surface area contributed by atoms with Crippen LogP contribution in [0.25, 0.3) is 0 Å². The molecule has 2 N–H and O–H groups in total. The molecule has 0 saturated heterocycles. The molecule has 1 heterocycles. The van der Waals surface area contributed by atoms with E-state index in [0.29, 0.717) is 6.79 Å². The van der Waals surface area contributed by atoms with Crippen LogP contribution in [0.1, 0.15) is 44.2 Å². The van der Waals surface area contributed by atoms with E-state index in [1.807, 2.05) is 18.2 Å². The number of ether oxygens (including phenoxy) is 2. The first-order chi connectivity index (χ1) is 7.83. The van der Waals surface area contributed by atoms with E-state index >= 15 is 0 Å². The maximum absolute atomic E-state index is 6.17. The quantitative estimate of drug-likeness (QED) is 0.822. The molecule has 1 aromatic rings. The van der Waals surface area contributed by atoms with Crippen LogP contribution in [-0.4, -0.2) is 6.79 Å². The molecular formula is C13H20ClNO2. The standard InChI is InChI=1S/C13H19NO2.ClH/c1-2-3-4-7-11(14)10-6-5-8-12-13(10)16-9-15-12;/h5-6,8,11H,2-4,7,9,14H2,1H3;1H/t11-;/m1./s1. The van der Waals surface area contributed by atoms with Crippen molar-refractivity contribution >= 4 is 12.4 Å². The summed E-state index contributed by atoms with van der Waals surface area (Å²) in [5, 5.41) is 0. The van der Waals surface area contributed by atoms with E-state index in [2.05, 4.69) is 6.92 Å². The highest BCUT2D eigenvalue weighted by Gasteiger charge is 2.20. The number of hydrogen-bond acceptors (Lipinski definition) is 3. The van der Waals surface area contributed by atoms with Gasteiger partial charge < -0.3 is 15.2 Å². The molecule has 0 aliphatic carbocycles. The molecular weight excluding hydrogens is 238 g/mol. The molecule has 0 saturated carbocycles. The molecule has 0 bridgehead atoms. The summed E-state index contributed by atoms with van der Waals surface area (Å²) >= 11 is 0. The first-order valence-electron chi connectivity index (χ1n) is 5.97. The van der Waals surface area contributed by atoms with E-state index in [1.54, 1.807) is 0 Å². The van der Waals surface area contributed by atoms with Crippen LogP contribution in [0.3, 0.4) is 0 Å². The van der Waals surface area contributed by atoms with Gasteiger partial charge in [0.05, 0.1) is 0 Å². The topological polar surface area (TPSA) is 44.5 Å². The lowest BCUT2D eigenvalue weighted by Gasteiger charge is -2.13. The molecule has 0 amide bonds. The van der Waals surface area contributed by atoms with Crippen molar-refractivity contribution in [3.05, 3.63) is 23.8 Å². The summed E-state index contributed by atoms with van der Waals surface area (Å²) in [5.74, 6) is 1.66. The van der Waals surface area contributed by atoms with E-state index in [-0.39, 0.29) is 18.4 Å². The molecule has 17 heavy (non-hydrogen) atoms. The number of hydrogen-bond donors (Lipinski definition) is 1. The summed E-state index contributed by atoms with van der Waals surface area (Å²) in [6.07, 6.45) is 4.63. The number of rotatable bonds is 5. The third-order valence-corrected chi connectivity index (χ3v) is 2.95. The van der Waals surface area contributed by atoms with Crippen molar-refractivity contribution in [1.29, 1.82) is 0 Å². The molecule has 3 nitrogen and oxygen atoms in total. The average molecular weight is 258 g/mol. The van der Waals surface area contributed by atoms with E-state index in [9.17, 15) is 0 Å². The van der Waals surface area contributed by atoms with Crippen molar-refractivity contribution in [2.24, 2.45) is 5.73 Å². The lowest BCUT2D eigenvalue weighted by Crippen LogP contribution is -2.11. The van der Waals surface area contributed by atoms with Crippen molar-refractivity contribution in [2.45, 2.75) is 38.6 Å². The molecule has 1 aliphatic heterocycles. The number of benzene rings is 1. The zero-order valence-electron chi connectivity index (χ0n) is 10.1. The molecule has 0 fully saturated rings. The van der Waals surface area contributed by atoms with E-state index in [4.69, 9.17) is 15.2 Å². The van der Waals surface area contributed by atoms with E-state index in [1.165, 1.54) is 19.3 Å². The molecule has 0 radical (unpaired) electrons. The van der Waals surface area contributed by atoms with Crippen molar-refractivity contribution in [3.8, 4) is 11.5 Å². The Labute approximate surface area is 109 Å². The minimum Gasteiger partial charge on any atom is -0.454 e. The fourth-order valence-corrected chi connectivity index (χ4v) is 2.01. The highest BCUT2D eigenvalue weighted by molar-refractivity contribution is 5.85. The summed E-state index contributed by atoms with van der Waals surface area (Å²) < 4.78 is 10.8. The Hall–Kier alpha value is -0.930. The fraction of sp³-hybridized carbons (Fsp3) is 0.538. The maximum Gasteiger partial charge on any atom is 0.231 e. The zero-order valence-corrected chi connectivity index (χ0v) is 11.0. The van der Waals surface area contributed by atoms with Gasteiger partial charge in [0.1, 0.15) is 0 Å². The number of nitrogens with two attached hydrogens (primary N) is 1. The van der Waals surface area contributed by atoms with Crippen LogP contribution in [0.15, 0.2) is 18.2 Å². The third kappa shape index (κ3) is 3.27. The van der Waals surface area contributed by atoms with Crippen LogP contribution < -0.4 is 15.2 Å². The largest absolute Gasteiger partial charge is 0.454 e. The monoisotopic (exact) mass is 257 g/mol. The van der Waals surface area contributed by atoms with Crippen molar-refractivity contribution < 1.29 is 9.47 Å². The van der Waals surface area contributed by atoms with Gasteiger partial charge in [0, 0.05) is 11.6 Å². The number of unbranched alkanes of at least 4 members (excludes halogenated alkanes) is 2. The molecule has 0 aromatic heterocycles. The maximum atomic E-state index is 6.17. The molecule has 0 spiro atoms. The van der Waals surface area contributed by atoms with Crippen molar-refractivity contribution in [3.63, 3.8) is 0 Å². The second-order valence-electron chi connectivity index (χ2n) is 4.18. The number of halogens is 1. The summed E-state index contributed by atoms with van der Waals surface area (Å²) in [4.78, 5) is 0. The van der Waals surface area contributed by atoms with Gasteiger partial charge in [0.2, 0.25) is 6.79 Å². The Morgan fingerprint density at radius 1 is 1.29 bits per heavy atom. The van der Waals surface area contributed by atoms with E-state index in [0.717, 1.165) is 23.5 Å². The first-order valence-corrected chi connectivity index (χ1v) is 5.97. The van der Waals surface area contributed by atoms with Crippen LogP contribution >= 0.6 is 12.4 Å². The van der Waals surface area contributed by atoms with Crippen LogP contribution in [0.4, 0.5) is 0 Å². The van der Waals surface area contributed by atoms with Gasteiger partial charge in [-0.05, 0) is 12.5 Å². The normalized spacial score (nSPS) is 14.2. The minimum absolute atomic E-state index is 0. The molecule has 96 valence electrons. The smallest absolute Gasteiger partial charge is 0.231 e. The lowest BCUT2D eigenvalue weighted by molar-refractivity contribution is 0.173. The lowest BCUT2D eigenvalue weighted by atomic mass is 10.00. The van der Waals surface area contributed by atoms with Crippen molar-refractivity contribution in [2.75, 3.05) is 6.79 Å². The van der Waals surface area contributed by atoms with Gasteiger partial charge in [0.25, 0.3) is 0 Å². The Balaban J connectivity index is 0.00000144. The molecule has 4 heteroatoms. The third-order valence-electron chi connectivity index (χ3n) is 2.95. The predicted octanol–water partition coefficient (Wildman–Crippen LogP) is 3.42. The van der Waals surface area contributed by atoms with Gasteiger partial charge in [-0.15, -0.1) is 12.4 Å². The van der Waals surface area contributed by atoms with Crippen LogP contribution in [-0.2, 0) is 0 Å². The van der Waals surface area contributed by atoms with Gasteiger partial charge in [-0.3, -0.25) is 0 Å². The van der Waals surface area contributed by atoms with Gasteiger partial charge in [-0.1, -0.05) is 38.3 Å². The summed E-state index contributed by atoms with van der Waals surface area (Å²) in [6.45, 7) is 2.51. The number of fused-ring (bicyclic) bond motifs is 1. The van der Waals surface area contributed by atoms with Crippen LogP contribution in [0.5, 0.6) is 11.5 Å². The minimum atomic E-state index is 0. The van der Waals surface area contributed by atoms with E-state index < -0.39 is 0 Å². The van der Waals surface area contributed by atoms with Crippen LogP contribution in [0, 0.1) is 0 Å². The molecule has 1 atom stereocenters. The average Bonchev–Trinajstić information content (AvgIpc) is 2.76.